The first-order valence-electron chi connectivity index (χ1n) is 6.01. The van der Waals surface area contributed by atoms with E-state index in [0.717, 1.165) is 0 Å². The van der Waals surface area contributed by atoms with Crippen molar-refractivity contribution < 1.29 is 4.74 Å². The number of ether oxygens (including phenoxy) is 1. The van der Waals surface area contributed by atoms with E-state index in [-0.39, 0.29) is 0 Å². The van der Waals surface area contributed by atoms with Gasteiger partial charge in [0.1, 0.15) is 5.69 Å². The number of nitrogens with zero attached hydrogens (tertiary/aromatic N) is 4. The van der Waals surface area contributed by atoms with Crippen molar-refractivity contribution in [1.82, 2.24) is 15.0 Å². The molecule has 0 spiro atoms. The highest BCUT2D eigenvalue weighted by Crippen LogP contribution is 2.35. The molecule has 0 fully saturated rings. The minimum Gasteiger partial charge on any atom is -0.460 e. The summed E-state index contributed by atoms with van der Waals surface area (Å²) in [5.74, 6) is 0.0667. The van der Waals surface area contributed by atoms with Gasteiger partial charge in [0.2, 0.25) is 6.23 Å². The van der Waals surface area contributed by atoms with Crippen molar-refractivity contribution >= 4 is 5.82 Å². The highest BCUT2D eigenvalue weighted by Gasteiger charge is 2.40. The molecule has 20 heavy (non-hydrogen) atoms. The number of nitrogens with two attached hydrogens (primary N) is 3. The van der Waals surface area contributed by atoms with Gasteiger partial charge in [0, 0.05) is 13.2 Å². The topological polar surface area (TPSA) is 129 Å². The SMILES string of the molecule is CN1c2nc(-c3ccccn3)ncc2OC1C(N)(N)N. The van der Waals surface area contributed by atoms with E-state index in [9.17, 15) is 0 Å². The van der Waals surface area contributed by atoms with Gasteiger partial charge in [-0.3, -0.25) is 22.2 Å². The van der Waals surface area contributed by atoms with E-state index in [1.165, 1.54) is 0 Å². The van der Waals surface area contributed by atoms with Crippen molar-refractivity contribution in [2.45, 2.75) is 12.0 Å². The molecule has 1 aliphatic heterocycles. The van der Waals surface area contributed by atoms with Crippen LogP contribution in [0.25, 0.3) is 11.5 Å². The highest BCUT2D eigenvalue weighted by molar-refractivity contribution is 5.61. The van der Waals surface area contributed by atoms with E-state index in [1.807, 2.05) is 18.2 Å². The van der Waals surface area contributed by atoms with Crippen LogP contribution in [0.2, 0.25) is 0 Å². The summed E-state index contributed by atoms with van der Waals surface area (Å²) in [6, 6.07) is 5.52. The van der Waals surface area contributed by atoms with Gasteiger partial charge in [-0.05, 0) is 12.1 Å². The number of likely N-dealkylation sites (N-methyl/N-ethyl adjacent to an activating group) is 1. The summed E-state index contributed by atoms with van der Waals surface area (Å²) in [6.45, 7) is 0. The van der Waals surface area contributed by atoms with Gasteiger partial charge in [-0.2, -0.15) is 0 Å². The Kier molecular flexibility index (Phi) is 2.78. The van der Waals surface area contributed by atoms with Crippen LogP contribution in [0.15, 0.2) is 30.6 Å². The zero-order chi connectivity index (χ0) is 14.3. The fourth-order valence-corrected chi connectivity index (χ4v) is 2.06. The molecule has 0 saturated carbocycles. The number of hydrogen-bond donors (Lipinski definition) is 3. The van der Waals surface area contributed by atoms with E-state index < -0.39 is 12.0 Å². The Morgan fingerprint density at radius 1 is 1.25 bits per heavy atom. The molecule has 0 bridgehead atoms. The van der Waals surface area contributed by atoms with E-state index in [0.29, 0.717) is 23.1 Å². The Labute approximate surface area is 115 Å². The van der Waals surface area contributed by atoms with Crippen LogP contribution in [0.3, 0.4) is 0 Å². The second-order valence-electron chi connectivity index (χ2n) is 4.68. The van der Waals surface area contributed by atoms with Gasteiger partial charge in [-0.1, -0.05) is 6.07 Å². The monoisotopic (exact) mass is 273 g/mol. The number of fused-ring (bicyclic) bond motifs is 1. The smallest absolute Gasteiger partial charge is 0.218 e. The molecular weight excluding hydrogens is 258 g/mol. The Balaban J connectivity index is 1.99. The second-order valence-corrected chi connectivity index (χ2v) is 4.68. The van der Waals surface area contributed by atoms with Crippen LogP contribution in [0.5, 0.6) is 5.75 Å². The first kappa shape index (κ1) is 12.7. The lowest BCUT2D eigenvalue weighted by Crippen LogP contribution is -2.71. The van der Waals surface area contributed by atoms with Gasteiger partial charge in [-0.15, -0.1) is 0 Å². The average molecular weight is 273 g/mol. The molecule has 0 aromatic carbocycles. The van der Waals surface area contributed by atoms with Crippen LogP contribution in [0, 0.1) is 0 Å². The zero-order valence-corrected chi connectivity index (χ0v) is 10.9. The second kappa shape index (κ2) is 4.37. The average Bonchev–Trinajstić information content (AvgIpc) is 2.77. The van der Waals surface area contributed by atoms with Crippen molar-refractivity contribution in [2.24, 2.45) is 17.2 Å². The van der Waals surface area contributed by atoms with Gasteiger partial charge in [0.15, 0.2) is 23.2 Å². The summed E-state index contributed by atoms with van der Waals surface area (Å²) in [4.78, 5) is 14.5. The predicted octanol–water partition coefficient (Wildman–Crippen LogP) is -0.777. The third-order valence-electron chi connectivity index (χ3n) is 2.98. The summed E-state index contributed by atoms with van der Waals surface area (Å²) in [5.41, 5.74) is 17.7. The lowest BCUT2D eigenvalue weighted by Gasteiger charge is -2.30. The van der Waals surface area contributed by atoms with Crippen molar-refractivity contribution in [3.8, 4) is 17.3 Å². The third kappa shape index (κ3) is 2.05. The summed E-state index contributed by atoms with van der Waals surface area (Å²) in [5, 5.41) is 0. The molecule has 0 aliphatic carbocycles. The molecule has 1 aliphatic rings. The molecule has 2 aromatic heterocycles. The van der Waals surface area contributed by atoms with Crippen LogP contribution in [-0.2, 0) is 0 Å². The van der Waals surface area contributed by atoms with Crippen LogP contribution < -0.4 is 26.8 Å². The number of pyridine rings is 1. The van der Waals surface area contributed by atoms with Crippen LogP contribution >= 0.6 is 0 Å². The largest absolute Gasteiger partial charge is 0.460 e. The molecule has 6 N–H and O–H groups in total. The summed E-state index contributed by atoms with van der Waals surface area (Å²) in [7, 11) is 1.76. The predicted molar refractivity (Wildman–Crippen MR) is 73.4 cm³/mol. The third-order valence-corrected chi connectivity index (χ3v) is 2.98. The van der Waals surface area contributed by atoms with Crippen molar-refractivity contribution in [2.75, 3.05) is 11.9 Å². The molecule has 3 heterocycles. The Bertz CT molecular complexity index is 625. The molecule has 1 atom stereocenters. The lowest BCUT2D eigenvalue weighted by molar-refractivity contribution is 0.135. The summed E-state index contributed by atoms with van der Waals surface area (Å²) in [6.07, 6.45) is 2.54. The Morgan fingerprint density at radius 3 is 2.70 bits per heavy atom. The fourth-order valence-electron chi connectivity index (χ4n) is 2.06. The summed E-state index contributed by atoms with van der Waals surface area (Å²) < 4.78 is 5.58. The number of anilines is 1. The first-order chi connectivity index (χ1) is 9.47. The van der Waals surface area contributed by atoms with Crippen molar-refractivity contribution in [1.29, 1.82) is 0 Å². The maximum atomic E-state index is 5.69. The number of rotatable bonds is 2. The van der Waals surface area contributed by atoms with Crippen LogP contribution in [0.4, 0.5) is 5.82 Å². The first-order valence-corrected chi connectivity index (χ1v) is 6.01. The number of aromatic nitrogens is 3. The van der Waals surface area contributed by atoms with Crippen LogP contribution in [0.1, 0.15) is 0 Å². The van der Waals surface area contributed by atoms with Crippen LogP contribution in [-0.4, -0.2) is 34.0 Å². The lowest BCUT2D eigenvalue weighted by atomic mass is 10.3. The molecule has 0 amide bonds. The maximum absolute atomic E-state index is 5.69. The normalized spacial score (nSPS) is 17.8. The van der Waals surface area contributed by atoms with Gasteiger partial charge < -0.3 is 9.64 Å². The zero-order valence-electron chi connectivity index (χ0n) is 10.9. The van der Waals surface area contributed by atoms with E-state index in [4.69, 9.17) is 21.9 Å². The minimum absolute atomic E-state index is 0.489. The van der Waals surface area contributed by atoms with E-state index in [1.54, 1.807) is 24.3 Å². The van der Waals surface area contributed by atoms with Gasteiger partial charge in [0.05, 0.1) is 6.20 Å². The molecule has 1 unspecified atom stereocenters. The van der Waals surface area contributed by atoms with E-state index >= 15 is 0 Å². The summed E-state index contributed by atoms with van der Waals surface area (Å²) >= 11 is 0. The molecule has 0 radical (unpaired) electrons. The van der Waals surface area contributed by atoms with Crippen molar-refractivity contribution in [3.05, 3.63) is 30.6 Å². The highest BCUT2D eigenvalue weighted by atomic mass is 16.5. The molecule has 2 aromatic rings. The Hall–Kier alpha value is -2.29. The maximum Gasteiger partial charge on any atom is 0.218 e. The molecule has 3 rings (SSSR count). The van der Waals surface area contributed by atoms with E-state index in [2.05, 4.69) is 15.0 Å². The Morgan fingerprint density at radius 2 is 2.05 bits per heavy atom. The number of hydrogen-bond acceptors (Lipinski definition) is 8. The van der Waals surface area contributed by atoms with Gasteiger partial charge >= 0.3 is 0 Å². The van der Waals surface area contributed by atoms with Crippen molar-refractivity contribution in [3.63, 3.8) is 0 Å². The molecule has 104 valence electrons. The van der Waals surface area contributed by atoms with Gasteiger partial charge in [-0.25, -0.2) is 9.97 Å². The molecule has 8 heteroatoms. The molecular formula is C12H15N7O. The van der Waals surface area contributed by atoms with Gasteiger partial charge in [0.25, 0.3) is 0 Å². The molecule has 8 nitrogen and oxygen atoms in total. The molecule has 0 saturated heterocycles. The quantitative estimate of drug-likeness (QED) is 0.608. The standard InChI is InChI=1S/C12H15N7O/c1-19-10-8(20-11(19)12(13,14)15)6-17-9(18-10)7-4-2-3-5-16-7/h2-6,11H,13-15H2,1H3. The minimum atomic E-state index is -1.50. The fraction of sp³-hybridized carbons (Fsp3) is 0.250.